The van der Waals surface area contributed by atoms with Crippen molar-refractivity contribution in [3.8, 4) is 0 Å². The van der Waals surface area contributed by atoms with Gasteiger partial charge in [0.25, 0.3) is 0 Å². The van der Waals surface area contributed by atoms with Crippen LogP contribution in [0.5, 0.6) is 0 Å². The van der Waals surface area contributed by atoms with Crippen molar-refractivity contribution in [3.05, 3.63) is 52.1 Å². The van der Waals surface area contributed by atoms with Gasteiger partial charge < -0.3 is 9.52 Å². The fourth-order valence-electron chi connectivity index (χ4n) is 1.92. The zero-order chi connectivity index (χ0) is 14.5. The predicted molar refractivity (Wildman–Crippen MR) is 77.1 cm³/mol. The number of aromatic nitrogens is 1. The third-order valence-corrected chi connectivity index (χ3v) is 3.18. The van der Waals surface area contributed by atoms with Crippen LogP contribution >= 0.6 is 15.9 Å². The molecule has 0 amide bonds. The Hall–Kier alpha value is -1.66. The molecule has 1 N–H and O–H groups in total. The van der Waals surface area contributed by atoms with Crippen molar-refractivity contribution >= 4 is 21.9 Å². The Labute approximate surface area is 125 Å². The first-order chi connectivity index (χ1) is 9.52. The summed E-state index contributed by atoms with van der Waals surface area (Å²) in [5.74, 6) is 0.375. The van der Waals surface area contributed by atoms with Gasteiger partial charge >= 0.3 is 5.97 Å². The molecule has 2 aromatic rings. The number of nitrogens with zero attached hydrogens (tertiary/aromatic N) is 2. The van der Waals surface area contributed by atoms with E-state index in [1.54, 1.807) is 11.1 Å². The molecule has 2 rings (SSSR count). The highest BCUT2D eigenvalue weighted by molar-refractivity contribution is 9.10. The second kappa shape index (κ2) is 6.67. The number of benzene rings is 1. The standard InChI is InChI=1S/C14H15BrN2O3/c1-10-6-16-13(20-10)8-17(9-14(18)19)7-11-3-2-4-12(15)5-11/h2-6H,7-9H2,1H3,(H,18,19). The van der Waals surface area contributed by atoms with Crippen LogP contribution in [0.2, 0.25) is 0 Å². The highest BCUT2D eigenvalue weighted by Gasteiger charge is 2.14. The lowest BCUT2D eigenvalue weighted by molar-refractivity contribution is -0.138. The van der Waals surface area contributed by atoms with E-state index < -0.39 is 5.97 Å². The van der Waals surface area contributed by atoms with Crippen LogP contribution in [0.15, 0.2) is 39.4 Å². The average Bonchev–Trinajstić information content (AvgIpc) is 2.73. The van der Waals surface area contributed by atoms with E-state index in [1.807, 2.05) is 31.2 Å². The van der Waals surface area contributed by atoms with Gasteiger partial charge in [-0.2, -0.15) is 0 Å². The van der Waals surface area contributed by atoms with Gasteiger partial charge in [-0.15, -0.1) is 0 Å². The van der Waals surface area contributed by atoms with Crippen molar-refractivity contribution in [3.63, 3.8) is 0 Å². The van der Waals surface area contributed by atoms with Crippen LogP contribution in [-0.2, 0) is 17.9 Å². The fourth-order valence-corrected chi connectivity index (χ4v) is 2.36. The smallest absolute Gasteiger partial charge is 0.317 e. The van der Waals surface area contributed by atoms with Gasteiger partial charge in [-0.1, -0.05) is 28.1 Å². The molecule has 0 aliphatic carbocycles. The first-order valence-corrected chi connectivity index (χ1v) is 6.92. The first-order valence-electron chi connectivity index (χ1n) is 6.13. The number of rotatable bonds is 6. The molecule has 0 radical (unpaired) electrons. The summed E-state index contributed by atoms with van der Waals surface area (Å²) in [7, 11) is 0. The lowest BCUT2D eigenvalue weighted by Gasteiger charge is -2.18. The summed E-state index contributed by atoms with van der Waals surface area (Å²) in [6.07, 6.45) is 1.63. The Kier molecular flexibility index (Phi) is 4.92. The van der Waals surface area contributed by atoms with E-state index in [4.69, 9.17) is 9.52 Å². The van der Waals surface area contributed by atoms with E-state index in [0.717, 1.165) is 15.8 Å². The van der Waals surface area contributed by atoms with Gasteiger partial charge in [0.05, 0.1) is 19.3 Å². The summed E-state index contributed by atoms with van der Waals surface area (Å²) in [6, 6.07) is 7.78. The molecule has 20 heavy (non-hydrogen) atoms. The zero-order valence-electron chi connectivity index (χ0n) is 11.0. The van der Waals surface area contributed by atoms with Gasteiger partial charge in [0, 0.05) is 11.0 Å². The number of carboxylic acid groups (broad SMARTS) is 1. The molecule has 106 valence electrons. The van der Waals surface area contributed by atoms with Gasteiger partial charge in [-0.05, 0) is 24.6 Å². The number of aliphatic carboxylic acids is 1. The highest BCUT2D eigenvalue weighted by Crippen LogP contribution is 2.15. The Balaban J connectivity index is 2.09. The lowest BCUT2D eigenvalue weighted by Crippen LogP contribution is -2.29. The highest BCUT2D eigenvalue weighted by atomic mass is 79.9. The average molecular weight is 339 g/mol. The van der Waals surface area contributed by atoms with Crippen LogP contribution < -0.4 is 0 Å². The Bertz CT molecular complexity index is 598. The molecule has 0 atom stereocenters. The predicted octanol–water partition coefficient (Wildman–Crippen LogP) is 2.83. The molecule has 0 spiro atoms. The third-order valence-electron chi connectivity index (χ3n) is 2.68. The molecule has 6 heteroatoms. The maximum Gasteiger partial charge on any atom is 0.317 e. The summed E-state index contributed by atoms with van der Waals surface area (Å²) < 4.78 is 6.37. The van der Waals surface area contributed by atoms with E-state index in [0.29, 0.717) is 19.0 Å². The molecule has 0 fully saturated rings. The normalized spacial score (nSPS) is 10.9. The van der Waals surface area contributed by atoms with Gasteiger partial charge in [-0.3, -0.25) is 9.69 Å². The molecule has 1 aromatic carbocycles. The minimum Gasteiger partial charge on any atom is -0.480 e. The van der Waals surface area contributed by atoms with E-state index in [2.05, 4.69) is 20.9 Å². The Morgan fingerprint density at radius 1 is 1.45 bits per heavy atom. The maximum atomic E-state index is 11.0. The summed E-state index contributed by atoms with van der Waals surface area (Å²) in [6.45, 7) is 2.64. The van der Waals surface area contributed by atoms with Crippen LogP contribution in [0, 0.1) is 6.92 Å². The van der Waals surface area contributed by atoms with Crippen LogP contribution in [-0.4, -0.2) is 27.5 Å². The number of carbonyl (C=O) groups is 1. The van der Waals surface area contributed by atoms with Crippen molar-refractivity contribution in [1.29, 1.82) is 0 Å². The van der Waals surface area contributed by atoms with Crippen molar-refractivity contribution in [2.24, 2.45) is 0 Å². The van der Waals surface area contributed by atoms with Gasteiger partial charge in [-0.25, -0.2) is 4.98 Å². The molecule has 0 aliphatic heterocycles. The summed E-state index contributed by atoms with van der Waals surface area (Å²) in [5.41, 5.74) is 1.03. The monoisotopic (exact) mass is 338 g/mol. The van der Waals surface area contributed by atoms with Gasteiger partial charge in [0.15, 0.2) is 0 Å². The largest absolute Gasteiger partial charge is 0.480 e. The SMILES string of the molecule is Cc1cnc(CN(CC(=O)O)Cc2cccc(Br)c2)o1. The number of halogens is 1. The molecule has 0 bridgehead atoms. The molecular formula is C14H15BrN2O3. The zero-order valence-corrected chi connectivity index (χ0v) is 12.6. The van der Waals surface area contributed by atoms with Gasteiger partial charge in [0.2, 0.25) is 5.89 Å². The number of carboxylic acids is 1. The van der Waals surface area contributed by atoms with Crippen LogP contribution in [0.4, 0.5) is 0 Å². The van der Waals surface area contributed by atoms with Crippen molar-refractivity contribution in [1.82, 2.24) is 9.88 Å². The quantitative estimate of drug-likeness (QED) is 0.877. The number of oxazole rings is 1. The van der Waals surface area contributed by atoms with Crippen LogP contribution in [0.25, 0.3) is 0 Å². The second-order valence-electron chi connectivity index (χ2n) is 4.53. The molecule has 0 aliphatic rings. The first kappa shape index (κ1) is 14.7. The van der Waals surface area contributed by atoms with E-state index >= 15 is 0 Å². The third kappa shape index (κ3) is 4.47. The molecule has 1 heterocycles. The Morgan fingerprint density at radius 3 is 2.85 bits per heavy atom. The van der Waals surface area contributed by atoms with Crippen molar-refractivity contribution in [2.75, 3.05) is 6.54 Å². The molecule has 1 aromatic heterocycles. The van der Waals surface area contributed by atoms with E-state index in [1.165, 1.54) is 0 Å². The van der Waals surface area contributed by atoms with Crippen molar-refractivity contribution in [2.45, 2.75) is 20.0 Å². The molecule has 0 saturated carbocycles. The summed E-state index contributed by atoms with van der Waals surface area (Å²) >= 11 is 3.41. The van der Waals surface area contributed by atoms with Gasteiger partial charge in [0.1, 0.15) is 5.76 Å². The molecule has 0 saturated heterocycles. The lowest BCUT2D eigenvalue weighted by atomic mass is 10.2. The van der Waals surface area contributed by atoms with E-state index in [-0.39, 0.29) is 6.54 Å². The number of aryl methyl sites for hydroxylation is 1. The minimum absolute atomic E-state index is 0.0616. The summed E-state index contributed by atoms with van der Waals surface area (Å²) in [5, 5.41) is 9.00. The minimum atomic E-state index is -0.872. The molecule has 0 unspecified atom stereocenters. The second-order valence-corrected chi connectivity index (χ2v) is 5.45. The van der Waals surface area contributed by atoms with E-state index in [9.17, 15) is 4.79 Å². The summed E-state index contributed by atoms with van der Waals surface area (Å²) in [4.78, 5) is 16.8. The van der Waals surface area contributed by atoms with Crippen LogP contribution in [0.1, 0.15) is 17.2 Å². The maximum absolute atomic E-state index is 11.0. The van der Waals surface area contributed by atoms with Crippen molar-refractivity contribution < 1.29 is 14.3 Å². The number of hydrogen-bond acceptors (Lipinski definition) is 4. The number of hydrogen-bond donors (Lipinski definition) is 1. The molecule has 5 nitrogen and oxygen atoms in total. The topological polar surface area (TPSA) is 66.6 Å². The fraction of sp³-hybridized carbons (Fsp3) is 0.286. The van der Waals surface area contributed by atoms with Crippen LogP contribution in [0.3, 0.4) is 0 Å². The molecular weight excluding hydrogens is 324 g/mol. The Morgan fingerprint density at radius 2 is 2.25 bits per heavy atom.